The zero-order valence-corrected chi connectivity index (χ0v) is 56.9. The van der Waals surface area contributed by atoms with E-state index >= 15 is 0 Å². The van der Waals surface area contributed by atoms with Crippen LogP contribution in [0.1, 0.15) is 121 Å². The Labute approximate surface area is 551 Å². The molecule has 0 bridgehead atoms. The number of aliphatic hydroxyl groups excluding tert-OH is 2. The molecular weight excluding hydrogens is 1270 g/mol. The van der Waals surface area contributed by atoms with Crippen molar-refractivity contribution in [1.82, 2.24) is 4.90 Å². The lowest BCUT2D eigenvalue weighted by atomic mass is 9.74. The summed E-state index contributed by atoms with van der Waals surface area (Å²) in [4.78, 5) is 97.2. The molecule has 4 aliphatic heterocycles. The van der Waals surface area contributed by atoms with Crippen LogP contribution >= 0.6 is 0 Å². The van der Waals surface area contributed by atoms with Gasteiger partial charge in [-0.25, -0.2) is 4.79 Å². The lowest BCUT2D eigenvalue weighted by molar-refractivity contribution is -0.387. The molecule has 5 rings (SSSR count). The summed E-state index contributed by atoms with van der Waals surface area (Å²) >= 11 is 0. The van der Waals surface area contributed by atoms with Crippen molar-refractivity contribution >= 4 is 47.4 Å². The molecule has 540 valence electrons. The van der Waals surface area contributed by atoms with Gasteiger partial charge in [0.05, 0.1) is 71.4 Å². The number of carbonyl (C=O) groups excluding carboxylic acids is 6. The first kappa shape index (κ1) is 79.6. The summed E-state index contributed by atoms with van der Waals surface area (Å²) in [5.41, 5.74) is -4.09. The minimum atomic E-state index is -3.10. The molecule has 0 aromatic heterocycles. The van der Waals surface area contributed by atoms with E-state index in [0.717, 1.165) is 39.8 Å². The Morgan fingerprint density at radius 1 is 0.768 bits per heavy atom. The largest absolute Gasteiger partial charge is 0.509 e. The van der Waals surface area contributed by atoms with Crippen molar-refractivity contribution in [3.63, 3.8) is 0 Å². The third kappa shape index (κ3) is 21.0. The van der Waals surface area contributed by atoms with Gasteiger partial charge in [-0.05, 0) is 79.6 Å². The Bertz CT molecular complexity index is 2770. The van der Waals surface area contributed by atoms with E-state index in [0.29, 0.717) is 0 Å². The highest BCUT2D eigenvalue weighted by Crippen LogP contribution is 2.42. The number of hydrogen-bond donors (Lipinski definition) is 5. The minimum Gasteiger partial charge on any atom is -0.463 e. The van der Waals surface area contributed by atoms with E-state index < -0.39 is 211 Å². The molecule has 0 radical (unpaired) electrons. The van der Waals surface area contributed by atoms with Gasteiger partial charge >= 0.3 is 41.7 Å². The number of likely N-dealkylation sites (N-methyl/N-ethyl adjacent to an activating group) is 1. The van der Waals surface area contributed by atoms with Crippen molar-refractivity contribution in [2.75, 3.05) is 54.9 Å². The highest BCUT2D eigenvalue weighted by molar-refractivity contribution is 5.88. The van der Waals surface area contributed by atoms with Crippen molar-refractivity contribution in [3.8, 4) is 5.75 Å². The van der Waals surface area contributed by atoms with E-state index in [1.165, 1.54) is 48.0 Å². The Kier molecular flexibility index (Phi) is 29.3. The second-order valence-electron chi connectivity index (χ2n) is 25.2. The average Bonchev–Trinajstić information content (AvgIpc) is 0.785. The van der Waals surface area contributed by atoms with Crippen molar-refractivity contribution in [3.05, 3.63) is 33.9 Å². The number of methoxy groups -OCH3 is 2. The molecule has 0 aliphatic carbocycles. The van der Waals surface area contributed by atoms with Crippen molar-refractivity contribution in [2.45, 2.75) is 237 Å². The second-order valence-corrected chi connectivity index (χ2v) is 25.2. The number of oxime groups is 1. The van der Waals surface area contributed by atoms with Gasteiger partial charge in [0.25, 0.3) is 0 Å². The Morgan fingerprint density at radius 3 is 2.00 bits per heavy atom. The summed E-state index contributed by atoms with van der Waals surface area (Å²) in [6.07, 6.45) is -23.6. The maximum atomic E-state index is 14.7. The first-order chi connectivity index (χ1) is 44.4. The lowest BCUT2D eigenvalue weighted by Gasteiger charge is -2.49. The third-order valence-electron chi connectivity index (χ3n) is 17.2. The molecule has 4 heterocycles. The van der Waals surface area contributed by atoms with E-state index in [2.05, 4.69) is 5.16 Å². The van der Waals surface area contributed by atoms with E-state index in [-0.39, 0.29) is 50.2 Å². The molecule has 4 saturated heterocycles. The van der Waals surface area contributed by atoms with Gasteiger partial charge in [-0.1, -0.05) is 38.9 Å². The molecule has 33 nitrogen and oxygen atoms in total. The Balaban J connectivity index is 1.56. The standard InChI is InChI=1S/C62H97N3O30/c1-18-45-62(75,76)53(70)32(4)47(63-84-29-81-22-21-79-16)30(2)25-60(12,74)55(33(5)48(34(6)56(72)92-45)93-46-26-61(13,80-17)54(71)35(7)86-46)95-57-49(42(64(14)15)23-31(3)85-57)94-59(73)83-27-40-19-20-43(41(24-40)65(77)78)90-58-52(89-39(11)69)51(88-38(10)68)50(87-37(9)67)44(91-58)28-82-36(8)66/h19-20,24,30-35,42,44-46,48-55,57-58,70-71,74-76H,18,21-23,25-29H2,1-17H3/b63-47+/t30-,31-,32+,33+,34-,35+,42+,44-,45-,46-,48+,49-,50+,51+,52-,53-,54+,55-,57+,58-,60-,61-/m1/s1. The molecule has 0 amide bonds. The van der Waals surface area contributed by atoms with Crippen LogP contribution < -0.4 is 4.74 Å². The molecule has 1 aromatic rings. The maximum Gasteiger partial charge on any atom is 0.509 e. The number of nitro groups is 1. The van der Waals surface area contributed by atoms with Gasteiger partial charge in [0.1, 0.15) is 31.5 Å². The SMILES string of the molecule is CC[C@H]1OC(=O)[C@H](C)[C@@H](O[C@@H]2C[C@@](C)(OC)[C@@H](O)[C@H](C)O2)[C@H](C)[C@@H](O[C@@H]2O[C@H](C)C[C@H](N(C)C)[C@H]2OC(=O)OCc2ccc(O[C@@H]3O[C@H](COC(C)=O)[C@H](OC(C)=O)[C@H](OC(C)=O)[C@H]3OC(C)=O)c([N+](=O)[O-])c2)[C@](C)(O)C[C@@H](C)/C(=N\OCOCCOC)[C@H](C)[C@@H](O)C1(O)O. The quantitative estimate of drug-likeness (QED) is 0.0248. The van der Waals surface area contributed by atoms with Gasteiger partial charge < -0.3 is 111 Å². The summed E-state index contributed by atoms with van der Waals surface area (Å²) in [6.45, 7) is 16.8. The monoisotopic (exact) mass is 1360 g/mol. The number of hydrogen-bond acceptors (Lipinski definition) is 32. The van der Waals surface area contributed by atoms with Crippen molar-refractivity contribution < 1.29 is 140 Å². The molecule has 22 atom stereocenters. The van der Waals surface area contributed by atoms with Gasteiger partial charge in [0, 0.05) is 72.2 Å². The number of esters is 5. The van der Waals surface area contributed by atoms with Crippen LogP contribution in [-0.4, -0.2) is 247 Å². The summed E-state index contributed by atoms with van der Waals surface area (Å²) in [5, 5.41) is 77.0. The highest BCUT2D eigenvalue weighted by atomic mass is 16.8. The summed E-state index contributed by atoms with van der Waals surface area (Å²) in [5.74, 6) is -13.0. The Morgan fingerprint density at radius 2 is 1.41 bits per heavy atom. The maximum absolute atomic E-state index is 14.7. The van der Waals surface area contributed by atoms with Crippen molar-refractivity contribution in [1.29, 1.82) is 0 Å². The number of rotatable bonds is 24. The number of ether oxygens (including phenoxy) is 16. The lowest BCUT2D eigenvalue weighted by Crippen LogP contribution is -2.63. The van der Waals surface area contributed by atoms with E-state index in [9.17, 15) is 64.4 Å². The summed E-state index contributed by atoms with van der Waals surface area (Å²) in [7, 11) is 6.29. The average molecular weight is 1360 g/mol. The fourth-order valence-corrected chi connectivity index (χ4v) is 12.4. The van der Waals surface area contributed by atoms with Gasteiger partial charge in [-0.2, -0.15) is 0 Å². The van der Waals surface area contributed by atoms with Gasteiger partial charge in [-0.15, -0.1) is 0 Å². The molecule has 4 fully saturated rings. The first-order valence-corrected chi connectivity index (χ1v) is 31.3. The molecule has 1 aromatic carbocycles. The van der Waals surface area contributed by atoms with E-state index in [1.54, 1.807) is 53.6 Å². The number of nitrogens with zero attached hydrogens (tertiary/aromatic N) is 3. The van der Waals surface area contributed by atoms with Crippen molar-refractivity contribution in [2.24, 2.45) is 28.8 Å². The first-order valence-electron chi connectivity index (χ1n) is 31.3. The number of cyclic esters (lactones) is 1. The van der Waals surface area contributed by atoms with Gasteiger partial charge in [0.15, 0.2) is 42.7 Å². The molecule has 4 aliphatic rings. The minimum absolute atomic E-state index is 0.00226. The predicted molar refractivity (Wildman–Crippen MR) is 324 cm³/mol. The molecule has 0 saturated carbocycles. The van der Waals surface area contributed by atoms with Crippen LogP contribution in [0.15, 0.2) is 23.4 Å². The molecule has 5 N–H and O–H groups in total. The van der Waals surface area contributed by atoms with Crippen LogP contribution in [0.2, 0.25) is 0 Å². The van der Waals surface area contributed by atoms with Crippen LogP contribution in [0.3, 0.4) is 0 Å². The zero-order valence-electron chi connectivity index (χ0n) is 56.9. The second kappa shape index (κ2) is 34.9. The number of nitro benzene ring substituents is 1. The fourth-order valence-electron chi connectivity index (χ4n) is 12.4. The molecule has 95 heavy (non-hydrogen) atoms. The predicted octanol–water partition coefficient (Wildman–Crippen LogP) is 2.87. The third-order valence-corrected chi connectivity index (χ3v) is 17.2. The van der Waals surface area contributed by atoms with Gasteiger partial charge in [-0.3, -0.25) is 34.1 Å². The Hall–Kier alpha value is -6.05. The van der Waals surface area contributed by atoms with E-state index in [1.807, 2.05) is 0 Å². The van der Waals surface area contributed by atoms with Crippen LogP contribution in [0.5, 0.6) is 5.75 Å². The van der Waals surface area contributed by atoms with Crippen LogP contribution in [0.4, 0.5) is 10.5 Å². The number of carbonyl (C=O) groups is 6. The molecule has 0 spiro atoms. The molecule has 0 unspecified atom stereocenters. The summed E-state index contributed by atoms with van der Waals surface area (Å²) < 4.78 is 93.8. The van der Waals surface area contributed by atoms with E-state index in [4.69, 9.17) is 80.6 Å². The normalized spacial score (nSPS) is 35.9. The summed E-state index contributed by atoms with van der Waals surface area (Å²) in [6, 6.07) is 2.66. The smallest absolute Gasteiger partial charge is 0.463 e. The van der Waals surface area contributed by atoms with Crippen LogP contribution in [-0.2, 0) is 106 Å². The fraction of sp³-hybridized carbons (Fsp3) is 0.790. The number of aliphatic hydroxyl groups is 5. The van der Waals surface area contributed by atoms with Crippen LogP contribution in [0.25, 0.3) is 0 Å². The molecule has 33 heteroatoms. The number of benzene rings is 1. The van der Waals surface area contributed by atoms with Gasteiger partial charge in [0.2, 0.25) is 25.0 Å². The topological polar surface area (TPSA) is 419 Å². The highest BCUT2D eigenvalue weighted by Gasteiger charge is 2.57. The zero-order chi connectivity index (χ0) is 71.2. The van der Waals surface area contributed by atoms with Crippen LogP contribution in [0, 0.1) is 33.8 Å². The molecular formula is C62H97N3O30.